The molecule has 10 heavy (non-hydrogen) atoms. The van der Waals surface area contributed by atoms with Crippen LogP contribution in [0.25, 0.3) is 0 Å². The van der Waals surface area contributed by atoms with Gasteiger partial charge in [-0.25, -0.2) is 0 Å². The third-order valence-corrected chi connectivity index (χ3v) is 1.46. The van der Waals surface area contributed by atoms with Crippen LogP contribution in [0.1, 0.15) is 13.8 Å². The number of halogens is 1. The standard InChI is InChI=1S/C8H15N.ClH/c1-4-5-8(6-9)7(2)3;/h5,7-8H,1,6,9H2,2-3H3;1H. The molecule has 0 spiro atoms. The van der Waals surface area contributed by atoms with Crippen molar-refractivity contribution in [3.63, 3.8) is 0 Å². The summed E-state index contributed by atoms with van der Waals surface area (Å²) in [7, 11) is 0. The van der Waals surface area contributed by atoms with E-state index in [0.717, 1.165) is 0 Å². The van der Waals surface area contributed by atoms with Crippen LogP contribution in [0.15, 0.2) is 18.4 Å². The Morgan fingerprint density at radius 2 is 2.10 bits per heavy atom. The second-order valence-electron chi connectivity index (χ2n) is 2.51. The Kier molecular flexibility index (Phi) is 8.57. The lowest BCUT2D eigenvalue weighted by Gasteiger charge is -2.11. The molecule has 2 heteroatoms. The van der Waals surface area contributed by atoms with Crippen molar-refractivity contribution < 1.29 is 0 Å². The molecular weight excluding hydrogens is 146 g/mol. The molecule has 1 nitrogen and oxygen atoms in total. The van der Waals surface area contributed by atoms with Gasteiger partial charge < -0.3 is 5.73 Å². The quantitative estimate of drug-likeness (QED) is 0.630. The molecule has 0 amide bonds. The fourth-order valence-corrected chi connectivity index (χ4v) is 0.684. The van der Waals surface area contributed by atoms with E-state index in [4.69, 9.17) is 5.73 Å². The number of nitrogens with two attached hydrogens (primary N) is 1. The zero-order chi connectivity index (χ0) is 7.28. The van der Waals surface area contributed by atoms with E-state index in [1.54, 1.807) is 0 Å². The Hall–Kier alpha value is -0.230. The summed E-state index contributed by atoms with van der Waals surface area (Å²) in [5, 5.41) is 0. The molecule has 2 N–H and O–H groups in total. The fraction of sp³-hybridized carbons (Fsp3) is 0.625. The van der Waals surface area contributed by atoms with Crippen molar-refractivity contribution in [3.8, 4) is 0 Å². The van der Waals surface area contributed by atoms with Crippen molar-refractivity contribution >= 4 is 12.4 Å². The lowest BCUT2D eigenvalue weighted by molar-refractivity contribution is 0.475. The smallest absolute Gasteiger partial charge is 0.000559 e. The van der Waals surface area contributed by atoms with E-state index in [2.05, 4.69) is 26.2 Å². The lowest BCUT2D eigenvalue weighted by atomic mass is 9.96. The second-order valence-corrected chi connectivity index (χ2v) is 2.51. The van der Waals surface area contributed by atoms with Gasteiger partial charge in [-0.2, -0.15) is 0 Å². The molecule has 0 radical (unpaired) electrons. The molecule has 60 valence electrons. The summed E-state index contributed by atoms with van der Waals surface area (Å²) < 4.78 is 0. The summed E-state index contributed by atoms with van der Waals surface area (Å²) >= 11 is 0. The topological polar surface area (TPSA) is 26.0 Å². The molecule has 0 saturated carbocycles. The fourth-order valence-electron chi connectivity index (χ4n) is 0.684. The van der Waals surface area contributed by atoms with Gasteiger partial charge in [-0.05, 0) is 24.5 Å². The number of rotatable bonds is 3. The van der Waals surface area contributed by atoms with Crippen molar-refractivity contribution in [1.29, 1.82) is 0 Å². The van der Waals surface area contributed by atoms with Crippen LogP contribution in [0.5, 0.6) is 0 Å². The molecule has 0 heterocycles. The molecule has 0 aliphatic rings. The SMILES string of the molecule is C=C=CC(CN)C(C)C.Cl. The summed E-state index contributed by atoms with van der Waals surface area (Å²) in [6.07, 6.45) is 1.94. The average molecular weight is 162 g/mol. The highest BCUT2D eigenvalue weighted by atomic mass is 35.5. The first-order valence-corrected chi connectivity index (χ1v) is 3.28. The van der Waals surface area contributed by atoms with Gasteiger partial charge in [0.05, 0.1) is 0 Å². The minimum Gasteiger partial charge on any atom is -0.330 e. The Morgan fingerprint density at radius 1 is 1.60 bits per heavy atom. The van der Waals surface area contributed by atoms with E-state index in [1.807, 2.05) is 6.08 Å². The van der Waals surface area contributed by atoms with Crippen LogP contribution in [0, 0.1) is 11.8 Å². The van der Waals surface area contributed by atoms with Gasteiger partial charge in [0, 0.05) is 0 Å². The van der Waals surface area contributed by atoms with Gasteiger partial charge in [-0.3, -0.25) is 0 Å². The van der Waals surface area contributed by atoms with Gasteiger partial charge in [0.15, 0.2) is 0 Å². The molecule has 0 bridgehead atoms. The molecular formula is C8H16ClN. The van der Waals surface area contributed by atoms with Gasteiger partial charge in [0.2, 0.25) is 0 Å². The molecule has 1 atom stereocenters. The lowest BCUT2D eigenvalue weighted by Crippen LogP contribution is -2.16. The monoisotopic (exact) mass is 161 g/mol. The predicted octanol–water partition coefficient (Wildman–Crippen LogP) is 1.98. The first-order chi connectivity index (χ1) is 4.22. The molecule has 1 unspecified atom stereocenters. The molecule has 0 fully saturated rings. The Labute approximate surface area is 69.4 Å². The molecule has 0 saturated heterocycles. The number of hydrogen-bond acceptors (Lipinski definition) is 1. The highest BCUT2D eigenvalue weighted by Gasteiger charge is 2.05. The van der Waals surface area contributed by atoms with E-state index < -0.39 is 0 Å². The minimum atomic E-state index is 0. The summed E-state index contributed by atoms with van der Waals surface area (Å²) in [5.41, 5.74) is 8.21. The molecule has 0 rings (SSSR count). The molecule has 0 aromatic heterocycles. The summed E-state index contributed by atoms with van der Waals surface area (Å²) in [6, 6.07) is 0. The van der Waals surface area contributed by atoms with Crippen molar-refractivity contribution in [1.82, 2.24) is 0 Å². The van der Waals surface area contributed by atoms with Gasteiger partial charge in [0.1, 0.15) is 0 Å². The summed E-state index contributed by atoms with van der Waals surface area (Å²) in [6.45, 7) is 8.48. The first-order valence-electron chi connectivity index (χ1n) is 3.28. The maximum absolute atomic E-state index is 5.46. The summed E-state index contributed by atoms with van der Waals surface area (Å²) in [4.78, 5) is 0. The minimum absolute atomic E-state index is 0. The van der Waals surface area contributed by atoms with Crippen LogP contribution in [0.4, 0.5) is 0 Å². The van der Waals surface area contributed by atoms with Gasteiger partial charge in [-0.1, -0.05) is 20.4 Å². The first kappa shape index (κ1) is 12.4. The van der Waals surface area contributed by atoms with Crippen LogP contribution in [0.2, 0.25) is 0 Å². The molecule has 0 aromatic rings. The maximum atomic E-state index is 5.46. The van der Waals surface area contributed by atoms with Gasteiger partial charge in [-0.15, -0.1) is 18.1 Å². The van der Waals surface area contributed by atoms with E-state index >= 15 is 0 Å². The van der Waals surface area contributed by atoms with Crippen molar-refractivity contribution in [2.24, 2.45) is 17.6 Å². The number of hydrogen-bond donors (Lipinski definition) is 1. The molecule has 0 aromatic carbocycles. The van der Waals surface area contributed by atoms with Crippen LogP contribution in [-0.4, -0.2) is 6.54 Å². The van der Waals surface area contributed by atoms with Gasteiger partial charge >= 0.3 is 0 Å². The molecule has 0 aliphatic heterocycles. The predicted molar refractivity (Wildman–Crippen MR) is 48.3 cm³/mol. The highest BCUT2D eigenvalue weighted by Crippen LogP contribution is 2.08. The van der Waals surface area contributed by atoms with Crippen LogP contribution >= 0.6 is 12.4 Å². The largest absolute Gasteiger partial charge is 0.330 e. The van der Waals surface area contributed by atoms with Crippen molar-refractivity contribution in [2.45, 2.75) is 13.8 Å². The van der Waals surface area contributed by atoms with Gasteiger partial charge in [0.25, 0.3) is 0 Å². The highest BCUT2D eigenvalue weighted by molar-refractivity contribution is 5.85. The Balaban J connectivity index is 0. The second kappa shape index (κ2) is 6.88. The van der Waals surface area contributed by atoms with Crippen LogP contribution < -0.4 is 5.73 Å². The van der Waals surface area contributed by atoms with Crippen molar-refractivity contribution in [3.05, 3.63) is 18.4 Å². The third-order valence-electron chi connectivity index (χ3n) is 1.46. The van der Waals surface area contributed by atoms with Crippen LogP contribution in [-0.2, 0) is 0 Å². The Bertz CT molecular complexity index is 114. The normalized spacial score (nSPS) is 11.6. The zero-order valence-corrected chi connectivity index (χ0v) is 7.45. The average Bonchev–Trinajstić information content (AvgIpc) is 1.82. The third kappa shape index (κ3) is 4.63. The van der Waals surface area contributed by atoms with Crippen LogP contribution in [0.3, 0.4) is 0 Å². The summed E-state index contributed by atoms with van der Waals surface area (Å²) in [5.74, 6) is 1.05. The Morgan fingerprint density at radius 3 is 2.20 bits per heavy atom. The maximum Gasteiger partial charge on any atom is -0.000559 e. The van der Waals surface area contributed by atoms with E-state index in [-0.39, 0.29) is 12.4 Å². The zero-order valence-electron chi connectivity index (χ0n) is 6.63. The van der Waals surface area contributed by atoms with E-state index in [0.29, 0.717) is 18.4 Å². The van der Waals surface area contributed by atoms with E-state index in [1.165, 1.54) is 0 Å². The molecule has 0 aliphatic carbocycles. The van der Waals surface area contributed by atoms with E-state index in [9.17, 15) is 0 Å². The van der Waals surface area contributed by atoms with Crippen molar-refractivity contribution in [2.75, 3.05) is 6.54 Å².